The summed E-state index contributed by atoms with van der Waals surface area (Å²) in [7, 11) is 0. The largest absolute Gasteiger partial charge is 0.152 e. The van der Waals surface area contributed by atoms with Crippen molar-refractivity contribution in [3.8, 4) is 0 Å². The topological polar surface area (TPSA) is 0 Å². The highest BCUT2D eigenvalue weighted by molar-refractivity contribution is 9.11. The summed E-state index contributed by atoms with van der Waals surface area (Å²) in [6.07, 6.45) is 0. The second kappa shape index (κ2) is 4.66. The van der Waals surface area contributed by atoms with Gasteiger partial charge in [-0.1, -0.05) is 27.5 Å². The first-order valence-corrected chi connectivity index (χ1v) is 7.64. The number of halogens is 3. The van der Waals surface area contributed by atoms with Gasteiger partial charge in [0.15, 0.2) is 0 Å². The molecule has 0 radical (unpaired) electrons. The molecule has 2 aromatic heterocycles. The number of thiophene rings is 2. The van der Waals surface area contributed by atoms with E-state index in [2.05, 4.69) is 48.7 Å². The Bertz CT molecular complexity index is 402. The van der Waals surface area contributed by atoms with E-state index < -0.39 is 0 Å². The molecule has 0 aromatic carbocycles. The van der Waals surface area contributed by atoms with Crippen LogP contribution in [-0.4, -0.2) is 0 Å². The van der Waals surface area contributed by atoms with E-state index in [1.54, 1.807) is 22.7 Å². The molecule has 0 saturated heterocycles. The molecule has 0 fully saturated rings. The summed E-state index contributed by atoms with van der Waals surface area (Å²) in [5.41, 5.74) is 1.28. The first-order chi connectivity index (χ1) is 6.68. The first-order valence-electron chi connectivity index (χ1n) is 3.79. The molecule has 0 nitrogen and oxygen atoms in total. The van der Waals surface area contributed by atoms with Crippen molar-refractivity contribution in [1.82, 2.24) is 0 Å². The van der Waals surface area contributed by atoms with E-state index in [-0.39, 0.29) is 4.83 Å². The van der Waals surface area contributed by atoms with Crippen molar-refractivity contribution in [3.05, 3.63) is 42.1 Å². The fourth-order valence-corrected chi connectivity index (χ4v) is 4.38. The first kappa shape index (κ1) is 11.1. The van der Waals surface area contributed by atoms with Gasteiger partial charge in [-0.2, -0.15) is 11.3 Å². The van der Waals surface area contributed by atoms with Crippen LogP contribution in [-0.2, 0) is 0 Å². The molecule has 74 valence electrons. The number of hydrogen-bond acceptors (Lipinski definition) is 2. The van der Waals surface area contributed by atoms with Gasteiger partial charge in [0.05, 0.1) is 13.6 Å². The van der Waals surface area contributed by atoms with Crippen molar-refractivity contribution in [2.45, 2.75) is 4.83 Å². The molecule has 0 aliphatic carbocycles. The summed E-state index contributed by atoms with van der Waals surface area (Å²) in [6.45, 7) is 0. The standard InChI is InChI=1S/C9H5Br2ClS2/c10-8(5-1-2-13-4-5)7-3-6(12)9(11)14-7/h1-4,8H. The second-order valence-corrected chi connectivity index (χ2v) is 7.19. The van der Waals surface area contributed by atoms with Crippen LogP contribution in [0.5, 0.6) is 0 Å². The van der Waals surface area contributed by atoms with Crippen molar-refractivity contribution in [2.75, 3.05) is 0 Å². The van der Waals surface area contributed by atoms with E-state index in [1.165, 1.54) is 10.4 Å². The predicted molar refractivity (Wildman–Crippen MR) is 72.1 cm³/mol. The number of alkyl halides is 1. The van der Waals surface area contributed by atoms with Crippen LogP contribution in [0, 0.1) is 0 Å². The van der Waals surface area contributed by atoms with Gasteiger partial charge in [0, 0.05) is 4.88 Å². The van der Waals surface area contributed by atoms with Crippen LogP contribution in [0.4, 0.5) is 0 Å². The highest BCUT2D eigenvalue weighted by Crippen LogP contribution is 2.41. The number of hydrogen-bond donors (Lipinski definition) is 0. The zero-order valence-corrected chi connectivity index (χ0v) is 12.4. The minimum absolute atomic E-state index is 0.252. The molecule has 0 aliphatic rings. The van der Waals surface area contributed by atoms with E-state index in [9.17, 15) is 0 Å². The third kappa shape index (κ3) is 2.25. The minimum Gasteiger partial charge on any atom is -0.152 e. The van der Waals surface area contributed by atoms with Gasteiger partial charge in [-0.25, -0.2) is 0 Å². The van der Waals surface area contributed by atoms with Crippen molar-refractivity contribution in [1.29, 1.82) is 0 Å². The Labute approximate surface area is 112 Å². The van der Waals surface area contributed by atoms with Crippen molar-refractivity contribution >= 4 is 66.1 Å². The molecule has 2 heterocycles. The zero-order valence-electron chi connectivity index (χ0n) is 6.84. The van der Waals surface area contributed by atoms with Gasteiger partial charge in [-0.05, 0) is 44.4 Å². The van der Waals surface area contributed by atoms with E-state index in [4.69, 9.17) is 11.6 Å². The molecular formula is C9H5Br2ClS2. The molecular weight excluding hydrogens is 367 g/mol. The maximum absolute atomic E-state index is 5.98. The lowest BCUT2D eigenvalue weighted by Crippen LogP contribution is -1.84. The predicted octanol–water partition coefficient (Wildman–Crippen LogP) is 5.71. The van der Waals surface area contributed by atoms with E-state index >= 15 is 0 Å². The Kier molecular flexibility index (Phi) is 3.71. The maximum atomic E-state index is 5.98. The van der Waals surface area contributed by atoms with Crippen LogP contribution in [0.15, 0.2) is 26.7 Å². The normalized spacial score (nSPS) is 13.1. The number of rotatable bonds is 2. The molecule has 5 heteroatoms. The summed E-state index contributed by atoms with van der Waals surface area (Å²) in [4.78, 5) is 1.47. The lowest BCUT2D eigenvalue weighted by Gasteiger charge is -2.03. The lowest BCUT2D eigenvalue weighted by molar-refractivity contribution is 1.25. The van der Waals surface area contributed by atoms with Gasteiger partial charge in [0.1, 0.15) is 0 Å². The van der Waals surface area contributed by atoms with Crippen LogP contribution in [0.3, 0.4) is 0 Å². The molecule has 14 heavy (non-hydrogen) atoms. The molecule has 0 N–H and O–H groups in total. The van der Waals surface area contributed by atoms with Crippen LogP contribution in [0.25, 0.3) is 0 Å². The Balaban J connectivity index is 2.32. The van der Waals surface area contributed by atoms with E-state index in [0.717, 1.165) is 8.81 Å². The van der Waals surface area contributed by atoms with Gasteiger partial charge in [0.25, 0.3) is 0 Å². The smallest absolute Gasteiger partial charge is 0.0887 e. The van der Waals surface area contributed by atoms with Crippen LogP contribution >= 0.6 is 66.1 Å². The molecule has 0 aliphatic heterocycles. The fraction of sp³-hybridized carbons (Fsp3) is 0.111. The molecule has 0 bridgehead atoms. The Morgan fingerprint density at radius 1 is 1.43 bits per heavy atom. The maximum Gasteiger partial charge on any atom is 0.0887 e. The van der Waals surface area contributed by atoms with Crippen molar-refractivity contribution < 1.29 is 0 Å². The minimum atomic E-state index is 0.252. The summed E-state index contributed by atoms with van der Waals surface area (Å²) >= 11 is 16.4. The third-order valence-corrected chi connectivity index (χ3v) is 6.32. The zero-order chi connectivity index (χ0) is 10.1. The molecule has 0 amide bonds. The van der Waals surface area contributed by atoms with Crippen LogP contribution in [0.1, 0.15) is 15.3 Å². The Hall–Kier alpha value is 0.650. The van der Waals surface area contributed by atoms with Gasteiger partial charge in [-0.15, -0.1) is 11.3 Å². The second-order valence-electron chi connectivity index (χ2n) is 2.69. The van der Waals surface area contributed by atoms with Gasteiger partial charge >= 0.3 is 0 Å². The van der Waals surface area contributed by atoms with Crippen LogP contribution < -0.4 is 0 Å². The molecule has 0 spiro atoms. The molecule has 2 aromatic rings. The SMILES string of the molecule is Clc1cc(C(Br)c2ccsc2)sc1Br. The summed E-state index contributed by atoms with van der Waals surface area (Å²) in [5.74, 6) is 0. The fourth-order valence-electron chi connectivity index (χ4n) is 1.07. The van der Waals surface area contributed by atoms with E-state index in [0.29, 0.717) is 0 Å². The third-order valence-electron chi connectivity index (χ3n) is 1.75. The summed E-state index contributed by atoms with van der Waals surface area (Å²) < 4.78 is 0.994. The van der Waals surface area contributed by atoms with Crippen LogP contribution in [0.2, 0.25) is 5.02 Å². The van der Waals surface area contributed by atoms with Gasteiger partial charge in [0.2, 0.25) is 0 Å². The van der Waals surface area contributed by atoms with Crippen molar-refractivity contribution in [3.63, 3.8) is 0 Å². The average molecular weight is 373 g/mol. The highest BCUT2D eigenvalue weighted by atomic mass is 79.9. The average Bonchev–Trinajstić information content (AvgIpc) is 2.76. The monoisotopic (exact) mass is 370 g/mol. The highest BCUT2D eigenvalue weighted by Gasteiger charge is 2.15. The quantitative estimate of drug-likeness (QED) is 0.592. The summed E-state index contributed by atoms with van der Waals surface area (Å²) in [5, 5.41) is 5.00. The van der Waals surface area contributed by atoms with E-state index in [1.807, 2.05) is 6.07 Å². The Morgan fingerprint density at radius 2 is 2.21 bits per heavy atom. The lowest BCUT2D eigenvalue weighted by atomic mass is 10.2. The summed E-state index contributed by atoms with van der Waals surface area (Å²) in [6, 6.07) is 4.11. The molecule has 1 atom stereocenters. The Morgan fingerprint density at radius 3 is 2.71 bits per heavy atom. The van der Waals surface area contributed by atoms with Gasteiger partial charge in [-0.3, -0.25) is 0 Å². The molecule has 1 unspecified atom stereocenters. The van der Waals surface area contributed by atoms with Crippen molar-refractivity contribution in [2.24, 2.45) is 0 Å². The molecule has 2 rings (SSSR count). The molecule has 0 saturated carbocycles. The van der Waals surface area contributed by atoms with Gasteiger partial charge < -0.3 is 0 Å².